The summed E-state index contributed by atoms with van der Waals surface area (Å²) in [6.45, 7) is 5.69. The topological polar surface area (TPSA) is 20.3 Å². The molecule has 0 radical (unpaired) electrons. The van der Waals surface area contributed by atoms with E-state index in [0.29, 0.717) is 6.42 Å². The van der Waals surface area contributed by atoms with Gasteiger partial charge in [0.2, 0.25) is 5.91 Å². The largest absolute Gasteiger partial charge is 0.338 e. The van der Waals surface area contributed by atoms with E-state index in [-0.39, 0.29) is 5.91 Å². The molecule has 74 valence electrons. The van der Waals surface area contributed by atoms with Crippen LogP contribution in [0.1, 0.15) is 23.6 Å². The molecule has 0 unspecified atom stereocenters. The molecule has 0 bridgehead atoms. The Morgan fingerprint density at radius 1 is 1.36 bits per heavy atom. The molecule has 0 aromatic heterocycles. The molecule has 2 heteroatoms. The van der Waals surface area contributed by atoms with Gasteiger partial charge in [0.05, 0.1) is 6.42 Å². The van der Waals surface area contributed by atoms with E-state index in [1.54, 1.807) is 0 Å². The van der Waals surface area contributed by atoms with Gasteiger partial charge >= 0.3 is 0 Å². The summed E-state index contributed by atoms with van der Waals surface area (Å²) in [6, 6.07) is 6.38. The van der Waals surface area contributed by atoms with Crippen molar-refractivity contribution in [1.29, 1.82) is 0 Å². The van der Waals surface area contributed by atoms with Crippen LogP contribution in [0, 0.1) is 6.92 Å². The number of likely N-dealkylation sites (N-methyl/N-ethyl adjacent to an activating group) is 1. The zero-order chi connectivity index (χ0) is 10.1. The van der Waals surface area contributed by atoms with Gasteiger partial charge in [0.25, 0.3) is 0 Å². The maximum atomic E-state index is 11.6. The quantitative estimate of drug-likeness (QED) is 0.660. The zero-order valence-electron chi connectivity index (χ0n) is 8.71. The number of amides is 1. The van der Waals surface area contributed by atoms with Crippen molar-refractivity contribution in [2.75, 3.05) is 6.54 Å². The highest BCUT2D eigenvalue weighted by molar-refractivity contribution is 5.80. The van der Waals surface area contributed by atoms with E-state index in [9.17, 15) is 4.79 Å². The minimum absolute atomic E-state index is 0.255. The Labute approximate surface area is 84.5 Å². The van der Waals surface area contributed by atoms with Crippen LogP contribution in [0.3, 0.4) is 0 Å². The van der Waals surface area contributed by atoms with Crippen LogP contribution >= 0.6 is 0 Å². The first-order valence-corrected chi connectivity index (χ1v) is 5.07. The van der Waals surface area contributed by atoms with Gasteiger partial charge in [0, 0.05) is 13.1 Å². The van der Waals surface area contributed by atoms with Gasteiger partial charge in [-0.05, 0) is 25.0 Å². The van der Waals surface area contributed by atoms with Crippen molar-refractivity contribution >= 4 is 5.91 Å². The number of fused-ring (bicyclic) bond motifs is 1. The lowest BCUT2D eigenvalue weighted by molar-refractivity contribution is -0.131. The lowest BCUT2D eigenvalue weighted by atomic mass is 9.97. The minimum Gasteiger partial charge on any atom is -0.338 e. The fourth-order valence-corrected chi connectivity index (χ4v) is 1.93. The van der Waals surface area contributed by atoms with Gasteiger partial charge < -0.3 is 4.90 Å². The lowest BCUT2D eigenvalue weighted by Crippen LogP contribution is -2.35. The summed E-state index contributed by atoms with van der Waals surface area (Å²) in [5.41, 5.74) is 3.75. The minimum atomic E-state index is 0.255. The Morgan fingerprint density at radius 2 is 2.14 bits per heavy atom. The summed E-state index contributed by atoms with van der Waals surface area (Å²) >= 11 is 0. The molecule has 1 aliphatic heterocycles. The van der Waals surface area contributed by atoms with Crippen LogP contribution in [-0.2, 0) is 17.8 Å². The number of carbonyl (C=O) groups is 1. The van der Waals surface area contributed by atoms with Gasteiger partial charge in [-0.25, -0.2) is 0 Å². The molecule has 2 rings (SSSR count). The fourth-order valence-electron chi connectivity index (χ4n) is 1.93. The Hall–Kier alpha value is -1.31. The second kappa shape index (κ2) is 3.45. The molecule has 1 aliphatic rings. The van der Waals surface area contributed by atoms with Gasteiger partial charge in [-0.3, -0.25) is 4.79 Å². The Morgan fingerprint density at radius 3 is 2.86 bits per heavy atom. The maximum absolute atomic E-state index is 11.6. The van der Waals surface area contributed by atoms with E-state index in [2.05, 4.69) is 25.1 Å². The van der Waals surface area contributed by atoms with E-state index < -0.39 is 0 Å². The molecular weight excluding hydrogens is 174 g/mol. The number of aryl methyl sites for hydroxylation is 1. The highest BCUT2D eigenvalue weighted by Crippen LogP contribution is 2.20. The van der Waals surface area contributed by atoms with Crippen LogP contribution < -0.4 is 0 Å². The molecule has 0 saturated carbocycles. The van der Waals surface area contributed by atoms with Crippen molar-refractivity contribution in [3.63, 3.8) is 0 Å². The van der Waals surface area contributed by atoms with Gasteiger partial charge in [0.1, 0.15) is 0 Å². The van der Waals surface area contributed by atoms with Crippen LogP contribution in [0.5, 0.6) is 0 Å². The van der Waals surface area contributed by atoms with Crippen LogP contribution in [0.2, 0.25) is 0 Å². The highest BCUT2D eigenvalue weighted by atomic mass is 16.2. The second-order valence-electron chi connectivity index (χ2n) is 3.86. The SMILES string of the molecule is CCN1Cc2ccc(C)cc2CC1=O. The Kier molecular flexibility index (Phi) is 2.28. The van der Waals surface area contributed by atoms with E-state index in [1.165, 1.54) is 16.7 Å². The summed E-state index contributed by atoms with van der Waals surface area (Å²) in [5, 5.41) is 0. The highest BCUT2D eigenvalue weighted by Gasteiger charge is 2.20. The molecule has 0 aliphatic carbocycles. The summed E-state index contributed by atoms with van der Waals surface area (Å²) in [5.74, 6) is 0.255. The second-order valence-corrected chi connectivity index (χ2v) is 3.86. The van der Waals surface area contributed by atoms with Gasteiger partial charge in [0.15, 0.2) is 0 Å². The number of carbonyl (C=O) groups excluding carboxylic acids is 1. The van der Waals surface area contributed by atoms with Gasteiger partial charge in [-0.15, -0.1) is 0 Å². The Balaban J connectivity index is 2.35. The normalized spacial score (nSPS) is 15.6. The summed E-state index contributed by atoms with van der Waals surface area (Å²) in [6.07, 6.45) is 0.574. The molecule has 0 N–H and O–H groups in total. The first kappa shape index (κ1) is 9.25. The van der Waals surface area contributed by atoms with Gasteiger partial charge in [-0.2, -0.15) is 0 Å². The van der Waals surface area contributed by atoms with Crippen molar-refractivity contribution in [1.82, 2.24) is 4.90 Å². The monoisotopic (exact) mass is 189 g/mol. The number of hydrogen-bond acceptors (Lipinski definition) is 1. The average Bonchev–Trinajstić information content (AvgIpc) is 2.16. The molecule has 14 heavy (non-hydrogen) atoms. The van der Waals surface area contributed by atoms with Crippen LogP contribution in [0.15, 0.2) is 18.2 Å². The average molecular weight is 189 g/mol. The molecule has 0 fully saturated rings. The standard InChI is InChI=1S/C12H15NO/c1-3-13-8-10-5-4-9(2)6-11(10)7-12(13)14/h4-6H,3,7-8H2,1-2H3. The molecule has 0 spiro atoms. The van der Waals surface area contributed by atoms with E-state index in [4.69, 9.17) is 0 Å². The van der Waals surface area contributed by atoms with Crippen molar-refractivity contribution in [3.8, 4) is 0 Å². The van der Waals surface area contributed by atoms with E-state index in [1.807, 2.05) is 11.8 Å². The number of benzene rings is 1. The molecule has 1 heterocycles. The Bertz CT molecular complexity index is 371. The molecular formula is C12H15NO. The maximum Gasteiger partial charge on any atom is 0.227 e. The third-order valence-electron chi connectivity index (χ3n) is 2.80. The van der Waals surface area contributed by atoms with Crippen molar-refractivity contribution < 1.29 is 4.79 Å². The first-order chi connectivity index (χ1) is 6.70. The van der Waals surface area contributed by atoms with Crippen LogP contribution in [0.25, 0.3) is 0 Å². The molecule has 0 saturated heterocycles. The van der Waals surface area contributed by atoms with E-state index in [0.717, 1.165) is 13.1 Å². The third-order valence-corrected chi connectivity index (χ3v) is 2.80. The summed E-state index contributed by atoms with van der Waals surface area (Å²) < 4.78 is 0. The number of nitrogens with zero attached hydrogens (tertiary/aromatic N) is 1. The van der Waals surface area contributed by atoms with Crippen LogP contribution in [-0.4, -0.2) is 17.4 Å². The predicted octanol–water partition coefficient (Wildman–Crippen LogP) is 1.90. The molecule has 1 amide bonds. The van der Waals surface area contributed by atoms with E-state index >= 15 is 0 Å². The first-order valence-electron chi connectivity index (χ1n) is 5.07. The van der Waals surface area contributed by atoms with Crippen molar-refractivity contribution in [2.45, 2.75) is 26.8 Å². The fraction of sp³-hybridized carbons (Fsp3) is 0.417. The van der Waals surface area contributed by atoms with Crippen molar-refractivity contribution in [2.24, 2.45) is 0 Å². The molecule has 2 nitrogen and oxygen atoms in total. The number of hydrogen-bond donors (Lipinski definition) is 0. The number of rotatable bonds is 1. The molecule has 1 aromatic carbocycles. The summed E-state index contributed by atoms with van der Waals surface area (Å²) in [7, 11) is 0. The van der Waals surface area contributed by atoms with Crippen LogP contribution in [0.4, 0.5) is 0 Å². The predicted molar refractivity (Wildman–Crippen MR) is 56.0 cm³/mol. The third kappa shape index (κ3) is 1.52. The van der Waals surface area contributed by atoms with Gasteiger partial charge in [-0.1, -0.05) is 23.8 Å². The molecule has 0 atom stereocenters. The summed E-state index contributed by atoms with van der Waals surface area (Å²) in [4.78, 5) is 13.5. The van der Waals surface area contributed by atoms with Crippen molar-refractivity contribution in [3.05, 3.63) is 34.9 Å². The lowest BCUT2D eigenvalue weighted by Gasteiger charge is -2.27. The zero-order valence-corrected chi connectivity index (χ0v) is 8.71. The smallest absolute Gasteiger partial charge is 0.227 e. The molecule has 1 aromatic rings.